The van der Waals surface area contributed by atoms with E-state index in [1.165, 1.54) is 25.7 Å². The van der Waals surface area contributed by atoms with Crippen LogP contribution in [-0.4, -0.2) is 44.2 Å². The Balaban J connectivity index is 1.76. The van der Waals surface area contributed by atoms with Gasteiger partial charge in [-0.3, -0.25) is 0 Å². The van der Waals surface area contributed by atoms with E-state index in [0.29, 0.717) is 25.0 Å². The van der Waals surface area contributed by atoms with E-state index < -0.39 is 10.0 Å². The molecule has 94 valence electrons. The van der Waals surface area contributed by atoms with Crippen molar-refractivity contribution in [3.63, 3.8) is 0 Å². The quantitative estimate of drug-likeness (QED) is 0.689. The molecule has 2 rings (SSSR count). The molecule has 0 saturated heterocycles. The fourth-order valence-electron chi connectivity index (χ4n) is 1.84. The summed E-state index contributed by atoms with van der Waals surface area (Å²) in [6, 6.07) is 0.591. The molecule has 2 saturated carbocycles. The molecule has 1 N–H and O–H groups in total. The van der Waals surface area contributed by atoms with E-state index in [-0.39, 0.29) is 5.75 Å². The van der Waals surface area contributed by atoms with Crippen LogP contribution in [0.1, 0.15) is 32.6 Å². The molecule has 0 unspecified atom stereocenters. The van der Waals surface area contributed by atoms with Gasteiger partial charge in [-0.25, -0.2) is 12.7 Å². The van der Waals surface area contributed by atoms with E-state index in [9.17, 15) is 8.42 Å². The van der Waals surface area contributed by atoms with Crippen LogP contribution in [0, 0.1) is 5.92 Å². The first-order valence-electron chi connectivity index (χ1n) is 6.33. The lowest BCUT2D eigenvalue weighted by Gasteiger charge is -2.20. The monoisotopic (exact) mass is 246 g/mol. The van der Waals surface area contributed by atoms with Crippen LogP contribution in [0.4, 0.5) is 0 Å². The first kappa shape index (κ1) is 12.3. The minimum Gasteiger partial charge on any atom is -0.313 e. The Bertz CT molecular complexity index is 321. The molecule has 5 heteroatoms. The summed E-state index contributed by atoms with van der Waals surface area (Å²) in [5.74, 6) is 0.885. The van der Waals surface area contributed by atoms with Gasteiger partial charge in [-0.2, -0.15) is 0 Å². The third-order valence-electron chi connectivity index (χ3n) is 3.28. The van der Waals surface area contributed by atoms with Gasteiger partial charge < -0.3 is 5.32 Å². The number of nitrogens with zero attached hydrogens (tertiary/aromatic N) is 1. The van der Waals surface area contributed by atoms with E-state index in [1.54, 1.807) is 4.31 Å². The van der Waals surface area contributed by atoms with Crippen molar-refractivity contribution in [2.24, 2.45) is 5.92 Å². The molecule has 0 aliphatic heterocycles. The molecule has 16 heavy (non-hydrogen) atoms. The molecule has 0 spiro atoms. The van der Waals surface area contributed by atoms with E-state index in [0.717, 1.165) is 6.54 Å². The number of hydrogen-bond donors (Lipinski definition) is 1. The Morgan fingerprint density at radius 2 is 1.94 bits per heavy atom. The Morgan fingerprint density at radius 1 is 1.25 bits per heavy atom. The molecule has 0 aromatic rings. The van der Waals surface area contributed by atoms with E-state index in [2.05, 4.69) is 5.32 Å². The summed E-state index contributed by atoms with van der Waals surface area (Å²) in [6.45, 7) is 3.88. The fraction of sp³-hybridized carbons (Fsp3) is 1.00. The average Bonchev–Trinajstić information content (AvgIpc) is 3.08. The molecule has 0 heterocycles. The summed E-state index contributed by atoms with van der Waals surface area (Å²) in [6.07, 6.45) is 4.82. The molecule has 0 atom stereocenters. The van der Waals surface area contributed by atoms with Crippen LogP contribution in [0.2, 0.25) is 0 Å². The summed E-state index contributed by atoms with van der Waals surface area (Å²) in [5, 5.41) is 3.25. The molecule has 0 bridgehead atoms. The largest absolute Gasteiger partial charge is 0.313 e. The maximum absolute atomic E-state index is 12.0. The maximum atomic E-state index is 12.0. The Morgan fingerprint density at radius 3 is 2.44 bits per heavy atom. The minimum atomic E-state index is -3.02. The van der Waals surface area contributed by atoms with Crippen LogP contribution in [0.5, 0.6) is 0 Å². The predicted molar refractivity (Wildman–Crippen MR) is 64.8 cm³/mol. The van der Waals surface area contributed by atoms with Crippen molar-refractivity contribution < 1.29 is 8.42 Å². The molecule has 4 nitrogen and oxygen atoms in total. The number of hydrogen-bond acceptors (Lipinski definition) is 3. The van der Waals surface area contributed by atoms with Gasteiger partial charge in [-0.15, -0.1) is 0 Å². The Kier molecular flexibility index (Phi) is 3.87. The number of rotatable bonds is 8. The van der Waals surface area contributed by atoms with Gasteiger partial charge in [0, 0.05) is 25.7 Å². The standard InChI is InChI=1S/C11H22N2O2S/c1-2-13(9-10-3-4-10)16(14,15)8-7-12-11-5-6-11/h10-12H,2-9H2,1H3. The summed E-state index contributed by atoms with van der Waals surface area (Å²) >= 11 is 0. The van der Waals surface area contributed by atoms with Crippen LogP contribution >= 0.6 is 0 Å². The highest BCUT2D eigenvalue weighted by Crippen LogP contribution is 2.30. The van der Waals surface area contributed by atoms with Crippen molar-refractivity contribution in [2.75, 3.05) is 25.4 Å². The van der Waals surface area contributed by atoms with Crippen LogP contribution in [0.25, 0.3) is 0 Å². The van der Waals surface area contributed by atoms with Crippen molar-refractivity contribution in [1.82, 2.24) is 9.62 Å². The van der Waals surface area contributed by atoms with Gasteiger partial charge >= 0.3 is 0 Å². The lowest BCUT2D eigenvalue weighted by molar-refractivity contribution is 0.411. The second-order valence-electron chi connectivity index (χ2n) is 4.94. The minimum absolute atomic E-state index is 0.254. The molecule has 2 fully saturated rings. The van der Waals surface area contributed by atoms with Crippen molar-refractivity contribution in [1.29, 1.82) is 0 Å². The molecule has 2 aliphatic rings. The van der Waals surface area contributed by atoms with Gasteiger partial charge in [0.05, 0.1) is 5.75 Å². The molecule has 0 radical (unpaired) electrons. The lowest BCUT2D eigenvalue weighted by Crippen LogP contribution is -2.37. The maximum Gasteiger partial charge on any atom is 0.215 e. The van der Waals surface area contributed by atoms with Crippen LogP contribution in [0.3, 0.4) is 0 Å². The van der Waals surface area contributed by atoms with Gasteiger partial charge in [0.25, 0.3) is 0 Å². The zero-order chi connectivity index (χ0) is 11.6. The van der Waals surface area contributed by atoms with Crippen LogP contribution in [-0.2, 0) is 10.0 Å². The first-order valence-corrected chi connectivity index (χ1v) is 7.94. The number of nitrogens with one attached hydrogen (secondary N) is 1. The second-order valence-corrected chi connectivity index (χ2v) is 7.03. The summed E-state index contributed by atoms with van der Waals surface area (Å²) in [4.78, 5) is 0. The van der Waals surface area contributed by atoms with Crippen LogP contribution in [0.15, 0.2) is 0 Å². The normalized spacial score (nSPS) is 21.6. The zero-order valence-corrected chi connectivity index (χ0v) is 10.8. The highest BCUT2D eigenvalue weighted by atomic mass is 32.2. The second kappa shape index (κ2) is 5.02. The van der Waals surface area contributed by atoms with E-state index >= 15 is 0 Å². The Labute approximate surface area is 98.4 Å². The molecule has 0 aromatic carbocycles. The van der Waals surface area contributed by atoms with Gasteiger partial charge in [-0.1, -0.05) is 6.92 Å². The summed E-state index contributed by atoms with van der Waals surface area (Å²) in [5.41, 5.74) is 0. The molecule has 2 aliphatic carbocycles. The number of sulfonamides is 1. The Hall–Kier alpha value is -0.130. The van der Waals surface area contributed by atoms with Gasteiger partial charge in [-0.05, 0) is 31.6 Å². The highest BCUT2D eigenvalue weighted by Gasteiger charge is 2.29. The molecular formula is C11H22N2O2S. The van der Waals surface area contributed by atoms with Gasteiger partial charge in [0.1, 0.15) is 0 Å². The average molecular weight is 246 g/mol. The third kappa shape index (κ3) is 3.71. The smallest absolute Gasteiger partial charge is 0.215 e. The van der Waals surface area contributed by atoms with Crippen molar-refractivity contribution >= 4 is 10.0 Å². The molecule has 0 amide bonds. The van der Waals surface area contributed by atoms with Crippen molar-refractivity contribution in [3.8, 4) is 0 Å². The van der Waals surface area contributed by atoms with E-state index in [4.69, 9.17) is 0 Å². The topological polar surface area (TPSA) is 49.4 Å². The summed E-state index contributed by atoms with van der Waals surface area (Å²) < 4.78 is 25.7. The fourth-order valence-corrected chi connectivity index (χ4v) is 3.30. The highest BCUT2D eigenvalue weighted by molar-refractivity contribution is 7.89. The molecular weight excluding hydrogens is 224 g/mol. The van der Waals surface area contributed by atoms with E-state index in [1.807, 2.05) is 6.92 Å². The molecule has 0 aromatic heterocycles. The van der Waals surface area contributed by atoms with Crippen LogP contribution < -0.4 is 5.32 Å². The van der Waals surface area contributed by atoms with Crippen molar-refractivity contribution in [2.45, 2.75) is 38.6 Å². The lowest BCUT2D eigenvalue weighted by atomic mass is 10.4. The summed E-state index contributed by atoms with van der Waals surface area (Å²) in [7, 11) is -3.02. The first-order chi connectivity index (χ1) is 7.62. The third-order valence-corrected chi connectivity index (χ3v) is 5.19. The SMILES string of the molecule is CCN(CC1CC1)S(=O)(=O)CCNC1CC1. The van der Waals surface area contributed by atoms with Gasteiger partial charge in [0.2, 0.25) is 10.0 Å². The van der Waals surface area contributed by atoms with Gasteiger partial charge in [0.15, 0.2) is 0 Å². The zero-order valence-electron chi connectivity index (χ0n) is 9.98. The predicted octanol–water partition coefficient (Wildman–Crippen LogP) is 0.800. The van der Waals surface area contributed by atoms with Crippen molar-refractivity contribution in [3.05, 3.63) is 0 Å².